The number of carbonyl (C=O) groups is 1. The summed E-state index contributed by atoms with van der Waals surface area (Å²) in [5.41, 5.74) is 1.20. The molecular weight excluding hydrogens is 278 g/mol. The van der Waals surface area contributed by atoms with Crippen LogP contribution in [0.3, 0.4) is 0 Å². The molecule has 0 aromatic heterocycles. The Hall–Kier alpha value is -1.77. The Morgan fingerprint density at radius 1 is 1.50 bits per heavy atom. The van der Waals surface area contributed by atoms with Crippen LogP contribution in [0.1, 0.15) is 16.8 Å². The second-order valence-corrected chi connectivity index (χ2v) is 4.57. The molecule has 0 bridgehead atoms. The van der Waals surface area contributed by atoms with E-state index in [0.29, 0.717) is 36.0 Å². The van der Waals surface area contributed by atoms with Crippen LogP contribution in [0.4, 0.5) is 5.69 Å². The zero-order valence-corrected chi connectivity index (χ0v) is 12.4. The Labute approximate surface area is 124 Å². The number of nitrogens with one attached hydrogen (secondary N) is 1. The van der Waals surface area contributed by atoms with Crippen LogP contribution in [-0.2, 0) is 4.74 Å². The monoisotopic (exact) mass is 295 g/mol. The third-order valence-electron chi connectivity index (χ3n) is 2.83. The van der Waals surface area contributed by atoms with Crippen LogP contribution in [0.25, 0.3) is 0 Å². The highest BCUT2D eigenvalue weighted by molar-refractivity contribution is 6.31. The molecular formula is C14H18ClN3O2. The molecule has 0 unspecified atom stereocenters. The number of benzene rings is 1. The highest BCUT2D eigenvalue weighted by Gasteiger charge is 2.18. The first-order valence-corrected chi connectivity index (χ1v) is 6.64. The number of amides is 1. The van der Waals surface area contributed by atoms with Gasteiger partial charge in [-0.25, -0.2) is 0 Å². The fourth-order valence-electron chi connectivity index (χ4n) is 1.78. The first-order valence-electron chi connectivity index (χ1n) is 6.26. The van der Waals surface area contributed by atoms with Gasteiger partial charge in [0, 0.05) is 38.0 Å². The second kappa shape index (κ2) is 8.41. The maximum Gasteiger partial charge on any atom is 0.256 e. The lowest BCUT2D eigenvalue weighted by molar-refractivity contribution is 0.0701. The normalized spacial score (nSPS) is 9.90. The Morgan fingerprint density at radius 2 is 2.25 bits per heavy atom. The fraction of sp³-hybridized carbons (Fsp3) is 0.429. The summed E-state index contributed by atoms with van der Waals surface area (Å²) < 4.78 is 5.00. The Bertz CT molecular complexity index is 500. The lowest BCUT2D eigenvalue weighted by Crippen LogP contribution is -2.35. The van der Waals surface area contributed by atoms with Gasteiger partial charge in [-0.15, -0.1) is 0 Å². The van der Waals surface area contributed by atoms with Crippen molar-refractivity contribution in [1.29, 1.82) is 5.26 Å². The van der Waals surface area contributed by atoms with E-state index in [1.165, 1.54) is 0 Å². The minimum Gasteiger partial charge on any atom is -0.387 e. The first-order chi connectivity index (χ1) is 9.63. The molecule has 0 aliphatic carbocycles. The molecule has 1 N–H and O–H groups in total. The summed E-state index contributed by atoms with van der Waals surface area (Å²) in [5.74, 6) is -0.163. The van der Waals surface area contributed by atoms with Crippen LogP contribution in [0.15, 0.2) is 18.2 Å². The van der Waals surface area contributed by atoms with E-state index in [0.717, 1.165) is 0 Å². The summed E-state index contributed by atoms with van der Waals surface area (Å²) in [6.07, 6.45) is 0.283. The number of nitrogens with zero attached hydrogens (tertiary/aromatic N) is 2. The predicted molar refractivity (Wildman–Crippen MR) is 79.0 cm³/mol. The Balaban J connectivity index is 2.98. The first kappa shape index (κ1) is 16.3. The lowest BCUT2D eigenvalue weighted by atomic mass is 10.1. The highest BCUT2D eigenvalue weighted by atomic mass is 35.5. The summed E-state index contributed by atoms with van der Waals surface area (Å²) in [5, 5.41) is 12.2. The van der Waals surface area contributed by atoms with Crippen molar-refractivity contribution in [2.75, 3.05) is 39.2 Å². The maximum atomic E-state index is 12.6. The van der Waals surface area contributed by atoms with Crippen LogP contribution in [0.5, 0.6) is 0 Å². The van der Waals surface area contributed by atoms with Crippen LogP contribution in [0, 0.1) is 11.3 Å². The van der Waals surface area contributed by atoms with E-state index in [4.69, 9.17) is 21.6 Å². The number of anilines is 1. The van der Waals surface area contributed by atoms with Crippen molar-refractivity contribution in [3.63, 3.8) is 0 Å². The van der Waals surface area contributed by atoms with Crippen molar-refractivity contribution >= 4 is 23.2 Å². The molecule has 1 rings (SSSR count). The average molecular weight is 296 g/mol. The van der Waals surface area contributed by atoms with E-state index < -0.39 is 0 Å². The van der Waals surface area contributed by atoms with E-state index in [-0.39, 0.29) is 12.3 Å². The van der Waals surface area contributed by atoms with Crippen LogP contribution < -0.4 is 5.32 Å². The smallest absolute Gasteiger partial charge is 0.256 e. The standard InChI is InChI=1S/C14H18ClN3O2/c1-17-13-5-4-11(15)10-12(13)14(19)18(7-3-6-16)8-9-20-2/h4-5,10,17H,3,7-9H2,1-2H3. The lowest BCUT2D eigenvalue weighted by Gasteiger charge is -2.22. The molecule has 6 heteroatoms. The number of nitriles is 1. The summed E-state index contributed by atoms with van der Waals surface area (Å²) in [4.78, 5) is 14.1. The van der Waals surface area contributed by atoms with E-state index in [2.05, 4.69) is 5.32 Å². The molecule has 0 aliphatic heterocycles. The van der Waals surface area contributed by atoms with Gasteiger partial charge >= 0.3 is 0 Å². The van der Waals surface area contributed by atoms with Crippen LogP contribution in [-0.4, -0.2) is 44.7 Å². The topological polar surface area (TPSA) is 65.4 Å². The predicted octanol–water partition coefficient (Wildman–Crippen LogP) is 2.38. The van der Waals surface area contributed by atoms with E-state index in [1.54, 1.807) is 37.3 Å². The zero-order valence-electron chi connectivity index (χ0n) is 11.6. The minimum absolute atomic E-state index is 0.163. The van der Waals surface area contributed by atoms with Gasteiger partial charge in [-0.3, -0.25) is 4.79 Å². The second-order valence-electron chi connectivity index (χ2n) is 4.13. The number of rotatable bonds is 7. The number of ether oxygens (including phenoxy) is 1. The molecule has 20 heavy (non-hydrogen) atoms. The molecule has 1 aromatic rings. The molecule has 5 nitrogen and oxygen atoms in total. The Kier molecular flexibility index (Phi) is 6.85. The van der Waals surface area contributed by atoms with Gasteiger partial charge in [0.2, 0.25) is 0 Å². The molecule has 0 spiro atoms. The van der Waals surface area contributed by atoms with Gasteiger partial charge in [-0.1, -0.05) is 11.6 Å². The van der Waals surface area contributed by atoms with Gasteiger partial charge in [0.05, 0.1) is 24.7 Å². The van der Waals surface area contributed by atoms with Crippen molar-refractivity contribution in [3.05, 3.63) is 28.8 Å². The van der Waals surface area contributed by atoms with Gasteiger partial charge in [-0.2, -0.15) is 5.26 Å². The van der Waals surface area contributed by atoms with Crippen molar-refractivity contribution in [2.24, 2.45) is 0 Å². The van der Waals surface area contributed by atoms with Crippen molar-refractivity contribution < 1.29 is 9.53 Å². The SMILES string of the molecule is CNc1ccc(Cl)cc1C(=O)N(CCC#N)CCOC. The average Bonchev–Trinajstić information content (AvgIpc) is 2.46. The molecule has 0 atom stereocenters. The summed E-state index contributed by atoms with van der Waals surface area (Å²) in [6, 6.07) is 7.15. The van der Waals surface area contributed by atoms with Crippen molar-refractivity contribution in [1.82, 2.24) is 4.90 Å². The van der Waals surface area contributed by atoms with E-state index in [1.807, 2.05) is 6.07 Å². The molecule has 1 aromatic carbocycles. The summed E-state index contributed by atoms with van der Waals surface area (Å²) in [7, 11) is 3.32. The summed E-state index contributed by atoms with van der Waals surface area (Å²) >= 11 is 5.96. The van der Waals surface area contributed by atoms with Gasteiger partial charge in [0.15, 0.2) is 0 Å². The van der Waals surface area contributed by atoms with E-state index in [9.17, 15) is 4.79 Å². The molecule has 0 aliphatic rings. The van der Waals surface area contributed by atoms with Gasteiger partial charge in [-0.05, 0) is 18.2 Å². The van der Waals surface area contributed by atoms with Crippen molar-refractivity contribution in [2.45, 2.75) is 6.42 Å². The highest BCUT2D eigenvalue weighted by Crippen LogP contribution is 2.22. The minimum atomic E-state index is -0.163. The van der Waals surface area contributed by atoms with Gasteiger partial charge in [0.25, 0.3) is 5.91 Å². The molecule has 0 radical (unpaired) electrons. The summed E-state index contributed by atoms with van der Waals surface area (Å²) in [6.45, 7) is 1.23. The van der Waals surface area contributed by atoms with Crippen molar-refractivity contribution in [3.8, 4) is 6.07 Å². The van der Waals surface area contributed by atoms with Crippen LogP contribution >= 0.6 is 11.6 Å². The molecule has 1 amide bonds. The largest absolute Gasteiger partial charge is 0.387 e. The van der Waals surface area contributed by atoms with Crippen LogP contribution in [0.2, 0.25) is 5.02 Å². The number of halogens is 1. The third kappa shape index (κ3) is 4.41. The molecule has 108 valence electrons. The Morgan fingerprint density at radius 3 is 2.85 bits per heavy atom. The molecule has 0 heterocycles. The quantitative estimate of drug-likeness (QED) is 0.839. The third-order valence-corrected chi connectivity index (χ3v) is 3.06. The van der Waals surface area contributed by atoms with Gasteiger partial charge < -0.3 is 15.0 Å². The zero-order chi connectivity index (χ0) is 15.0. The number of methoxy groups -OCH3 is 1. The molecule has 0 fully saturated rings. The fourth-order valence-corrected chi connectivity index (χ4v) is 1.96. The molecule has 0 saturated heterocycles. The van der Waals surface area contributed by atoms with E-state index >= 15 is 0 Å². The molecule has 0 saturated carbocycles. The number of hydrogen-bond acceptors (Lipinski definition) is 4. The number of hydrogen-bond donors (Lipinski definition) is 1. The number of carbonyl (C=O) groups excluding carboxylic acids is 1. The van der Waals surface area contributed by atoms with Gasteiger partial charge in [0.1, 0.15) is 0 Å². The maximum absolute atomic E-state index is 12.6.